The predicted octanol–water partition coefficient (Wildman–Crippen LogP) is 0.555. The summed E-state index contributed by atoms with van der Waals surface area (Å²) in [6.07, 6.45) is 2.20. The van der Waals surface area contributed by atoms with Crippen molar-refractivity contribution in [3.8, 4) is 0 Å². The van der Waals surface area contributed by atoms with Gasteiger partial charge in [-0.3, -0.25) is 4.79 Å². The van der Waals surface area contributed by atoms with Crippen molar-refractivity contribution < 1.29 is 9.90 Å². The van der Waals surface area contributed by atoms with Gasteiger partial charge in [-0.25, -0.2) is 0 Å². The molecule has 0 atom stereocenters. The average Bonchev–Trinajstić information content (AvgIpc) is 2.34. The first-order valence-corrected chi connectivity index (χ1v) is 3.50. The van der Waals surface area contributed by atoms with Crippen LogP contribution in [-0.4, -0.2) is 19.8 Å². The smallest absolute Gasteiger partial charge is 0.303 e. The van der Waals surface area contributed by atoms with E-state index in [1.165, 1.54) is 0 Å². The van der Waals surface area contributed by atoms with E-state index >= 15 is 0 Å². The van der Waals surface area contributed by atoms with E-state index < -0.39 is 5.97 Å². The summed E-state index contributed by atoms with van der Waals surface area (Å²) in [6, 6.07) is 0. The van der Waals surface area contributed by atoms with E-state index in [1.807, 2.05) is 0 Å². The molecular weight excluding hydrogens is 152 g/mol. The van der Waals surface area contributed by atoms with Crippen molar-refractivity contribution in [3.05, 3.63) is 11.9 Å². The molecular formula is C5H6N2O2S. The van der Waals surface area contributed by atoms with Crippen molar-refractivity contribution >= 4 is 17.7 Å². The van der Waals surface area contributed by atoms with Gasteiger partial charge in [0.15, 0.2) is 0 Å². The molecule has 0 aliphatic rings. The molecule has 1 N–H and O–H groups in total. The maximum absolute atomic E-state index is 10.0. The molecule has 0 saturated heterocycles. The molecule has 0 aromatic carbocycles. The summed E-state index contributed by atoms with van der Waals surface area (Å²) in [5.74, 6) is -0.798. The van der Waals surface area contributed by atoms with Gasteiger partial charge in [0, 0.05) is 6.42 Å². The third-order valence-electron chi connectivity index (χ3n) is 1.00. The van der Waals surface area contributed by atoms with Crippen LogP contribution in [0, 0.1) is 0 Å². The van der Waals surface area contributed by atoms with Crippen molar-refractivity contribution in [2.24, 2.45) is 0 Å². The van der Waals surface area contributed by atoms with Crippen molar-refractivity contribution in [2.45, 2.75) is 12.8 Å². The quantitative estimate of drug-likeness (QED) is 0.698. The minimum Gasteiger partial charge on any atom is -0.481 e. The van der Waals surface area contributed by atoms with Crippen molar-refractivity contribution in [2.75, 3.05) is 0 Å². The van der Waals surface area contributed by atoms with Crippen LogP contribution in [0.2, 0.25) is 0 Å². The molecule has 0 aliphatic heterocycles. The molecule has 5 heteroatoms. The van der Waals surface area contributed by atoms with Gasteiger partial charge >= 0.3 is 5.97 Å². The second-order valence-corrected chi connectivity index (χ2v) is 2.35. The first-order chi connectivity index (χ1) is 4.79. The SMILES string of the molecule is O=C(O)CCc1cnsn1. The minimum absolute atomic E-state index is 0.130. The van der Waals surface area contributed by atoms with Crippen molar-refractivity contribution in [1.29, 1.82) is 0 Å². The van der Waals surface area contributed by atoms with E-state index in [2.05, 4.69) is 8.75 Å². The molecule has 0 aliphatic carbocycles. The Morgan fingerprint density at radius 2 is 2.60 bits per heavy atom. The normalized spacial score (nSPS) is 9.60. The molecule has 0 radical (unpaired) electrons. The molecule has 1 aromatic heterocycles. The summed E-state index contributed by atoms with van der Waals surface area (Å²) >= 11 is 1.10. The van der Waals surface area contributed by atoms with Crippen molar-refractivity contribution in [3.63, 3.8) is 0 Å². The van der Waals surface area contributed by atoms with Crippen LogP contribution in [0.5, 0.6) is 0 Å². The molecule has 1 heterocycles. The number of aryl methyl sites for hydroxylation is 1. The fourth-order valence-corrected chi connectivity index (χ4v) is 0.988. The molecule has 0 saturated carbocycles. The Morgan fingerprint density at radius 1 is 1.80 bits per heavy atom. The van der Waals surface area contributed by atoms with Crippen LogP contribution < -0.4 is 0 Å². The molecule has 4 nitrogen and oxygen atoms in total. The summed E-state index contributed by atoms with van der Waals surface area (Å²) in [5.41, 5.74) is 0.757. The van der Waals surface area contributed by atoms with Crippen LogP contribution in [-0.2, 0) is 11.2 Å². The summed E-state index contributed by atoms with van der Waals surface area (Å²) in [6.45, 7) is 0. The molecule has 10 heavy (non-hydrogen) atoms. The fourth-order valence-electron chi connectivity index (χ4n) is 0.529. The first-order valence-electron chi connectivity index (χ1n) is 2.77. The number of aliphatic carboxylic acids is 1. The fraction of sp³-hybridized carbons (Fsp3) is 0.400. The van der Waals surface area contributed by atoms with Crippen LogP contribution in [0.3, 0.4) is 0 Å². The standard InChI is InChI=1S/C5H6N2O2S/c8-5(9)2-1-4-3-6-10-7-4/h3H,1-2H2,(H,8,9). The van der Waals surface area contributed by atoms with Gasteiger partial charge in [-0.2, -0.15) is 8.75 Å². The van der Waals surface area contributed by atoms with Gasteiger partial charge < -0.3 is 5.11 Å². The average molecular weight is 158 g/mol. The number of carbonyl (C=O) groups is 1. The summed E-state index contributed by atoms with van der Waals surface area (Å²) in [4.78, 5) is 10.0. The topological polar surface area (TPSA) is 63.1 Å². The van der Waals surface area contributed by atoms with E-state index in [9.17, 15) is 4.79 Å². The second-order valence-electron chi connectivity index (χ2n) is 1.79. The highest BCUT2D eigenvalue weighted by Gasteiger charge is 1.99. The molecule has 54 valence electrons. The number of aromatic nitrogens is 2. The van der Waals surface area contributed by atoms with Gasteiger partial charge in [-0.15, -0.1) is 0 Å². The Kier molecular flexibility index (Phi) is 2.33. The van der Waals surface area contributed by atoms with Gasteiger partial charge in [0.1, 0.15) is 0 Å². The van der Waals surface area contributed by atoms with Crippen LogP contribution in [0.25, 0.3) is 0 Å². The Bertz CT molecular complexity index is 209. The first kappa shape index (κ1) is 7.14. The molecule has 1 rings (SSSR count). The Hall–Kier alpha value is -0.970. The van der Waals surface area contributed by atoms with Gasteiger partial charge in [0.05, 0.1) is 30.0 Å². The van der Waals surface area contributed by atoms with E-state index in [-0.39, 0.29) is 6.42 Å². The zero-order valence-electron chi connectivity index (χ0n) is 5.15. The number of carboxylic acids is 1. The lowest BCUT2D eigenvalue weighted by Gasteiger charge is -1.87. The third kappa shape index (κ3) is 2.10. The maximum Gasteiger partial charge on any atom is 0.303 e. The van der Waals surface area contributed by atoms with Gasteiger partial charge in [-0.05, 0) is 0 Å². The van der Waals surface area contributed by atoms with Crippen LogP contribution >= 0.6 is 11.7 Å². The second kappa shape index (κ2) is 3.26. The lowest BCUT2D eigenvalue weighted by atomic mass is 10.2. The molecule has 0 bridgehead atoms. The van der Waals surface area contributed by atoms with Crippen LogP contribution in [0.15, 0.2) is 6.20 Å². The lowest BCUT2D eigenvalue weighted by molar-refractivity contribution is -0.136. The number of hydrogen-bond acceptors (Lipinski definition) is 4. The molecule has 0 spiro atoms. The molecule has 0 amide bonds. The Morgan fingerprint density at radius 3 is 3.10 bits per heavy atom. The summed E-state index contributed by atoms with van der Waals surface area (Å²) < 4.78 is 7.59. The number of carboxylic acid groups (broad SMARTS) is 1. The zero-order chi connectivity index (χ0) is 7.40. The summed E-state index contributed by atoms with van der Waals surface area (Å²) in [5, 5.41) is 8.27. The largest absolute Gasteiger partial charge is 0.481 e. The van der Waals surface area contributed by atoms with E-state index in [1.54, 1.807) is 6.20 Å². The van der Waals surface area contributed by atoms with Gasteiger partial charge in [0.2, 0.25) is 0 Å². The highest BCUT2D eigenvalue weighted by Crippen LogP contribution is 1.98. The number of rotatable bonds is 3. The van der Waals surface area contributed by atoms with E-state index in [0.29, 0.717) is 6.42 Å². The predicted molar refractivity (Wildman–Crippen MR) is 35.9 cm³/mol. The monoisotopic (exact) mass is 158 g/mol. The highest BCUT2D eigenvalue weighted by molar-refractivity contribution is 6.99. The van der Waals surface area contributed by atoms with E-state index in [4.69, 9.17) is 5.11 Å². The number of hydrogen-bond donors (Lipinski definition) is 1. The van der Waals surface area contributed by atoms with Gasteiger partial charge in [0.25, 0.3) is 0 Å². The van der Waals surface area contributed by atoms with Crippen molar-refractivity contribution in [1.82, 2.24) is 8.75 Å². The number of nitrogens with zero attached hydrogens (tertiary/aromatic N) is 2. The molecule has 0 unspecified atom stereocenters. The minimum atomic E-state index is -0.798. The Labute approximate surface area is 61.8 Å². The molecule has 0 fully saturated rings. The molecule has 1 aromatic rings. The lowest BCUT2D eigenvalue weighted by Crippen LogP contribution is -1.96. The van der Waals surface area contributed by atoms with Crippen LogP contribution in [0.1, 0.15) is 12.1 Å². The van der Waals surface area contributed by atoms with Crippen LogP contribution in [0.4, 0.5) is 0 Å². The summed E-state index contributed by atoms with van der Waals surface area (Å²) in [7, 11) is 0. The third-order valence-corrected chi connectivity index (χ3v) is 1.52. The highest BCUT2D eigenvalue weighted by atomic mass is 32.1. The maximum atomic E-state index is 10.0. The van der Waals surface area contributed by atoms with E-state index in [0.717, 1.165) is 17.4 Å². The Balaban J connectivity index is 2.35. The van der Waals surface area contributed by atoms with Gasteiger partial charge in [-0.1, -0.05) is 0 Å². The zero-order valence-corrected chi connectivity index (χ0v) is 5.97.